The Morgan fingerprint density at radius 1 is 1.50 bits per heavy atom. The second kappa shape index (κ2) is 6.87. The van der Waals surface area contributed by atoms with Crippen LogP contribution in [-0.2, 0) is 6.42 Å². The number of aliphatic hydroxyl groups excluding tert-OH is 1. The van der Waals surface area contributed by atoms with E-state index in [1.165, 1.54) is 13.2 Å². The van der Waals surface area contributed by atoms with Gasteiger partial charge < -0.3 is 15.2 Å². The van der Waals surface area contributed by atoms with Gasteiger partial charge >= 0.3 is 5.69 Å². The molecule has 0 aromatic heterocycles. The second-order valence-corrected chi connectivity index (χ2v) is 3.60. The summed E-state index contributed by atoms with van der Waals surface area (Å²) in [6.07, 6.45) is 0.361. The SMILES string of the molecule is COc1cc(CCNCCO)c(F)cc1[N+](=O)[O-]. The van der Waals surface area contributed by atoms with Crippen LogP contribution in [-0.4, -0.2) is 36.8 Å². The number of benzene rings is 1. The summed E-state index contributed by atoms with van der Waals surface area (Å²) in [6, 6.07) is 2.19. The van der Waals surface area contributed by atoms with Crippen molar-refractivity contribution in [2.45, 2.75) is 6.42 Å². The number of nitro benzene ring substituents is 1. The van der Waals surface area contributed by atoms with Crippen LogP contribution in [0.2, 0.25) is 0 Å². The molecule has 1 aromatic carbocycles. The van der Waals surface area contributed by atoms with E-state index in [0.717, 1.165) is 6.07 Å². The minimum atomic E-state index is -0.685. The highest BCUT2D eigenvalue weighted by Crippen LogP contribution is 2.29. The van der Waals surface area contributed by atoms with E-state index in [2.05, 4.69) is 5.32 Å². The first kappa shape index (κ1) is 14.3. The number of nitro groups is 1. The second-order valence-electron chi connectivity index (χ2n) is 3.60. The van der Waals surface area contributed by atoms with E-state index in [-0.39, 0.29) is 18.0 Å². The van der Waals surface area contributed by atoms with Gasteiger partial charge in [-0.25, -0.2) is 4.39 Å². The standard InChI is InChI=1S/C11H15FN2O4/c1-18-11-6-8(2-3-13-4-5-15)9(12)7-10(11)14(16)17/h6-7,13,15H,2-5H2,1H3. The molecule has 6 nitrogen and oxygen atoms in total. The van der Waals surface area contributed by atoms with Crippen molar-refractivity contribution in [1.29, 1.82) is 0 Å². The van der Waals surface area contributed by atoms with Crippen LogP contribution in [0.5, 0.6) is 5.75 Å². The number of hydrogen-bond acceptors (Lipinski definition) is 5. The van der Waals surface area contributed by atoms with E-state index < -0.39 is 10.7 Å². The average molecular weight is 258 g/mol. The molecule has 1 rings (SSSR count). The summed E-state index contributed by atoms with van der Waals surface area (Å²) in [4.78, 5) is 9.98. The molecule has 0 radical (unpaired) electrons. The summed E-state index contributed by atoms with van der Waals surface area (Å²) in [5, 5.41) is 22.1. The maximum absolute atomic E-state index is 13.6. The van der Waals surface area contributed by atoms with Crippen LogP contribution in [0.25, 0.3) is 0 Å². The average Bonchev–Trinajstić information content (AvgIpc) is 2.35. The lowest BCUT2D eigenvalue weighted by Crippen LogP contribution is -2.21. The topological polar surface area (TPSA) is 84.6 Å². The van der Waals surface area contributed by atoms with Crippen molar-refractivity contribution in [2.24, 2.45) is 0 Å². The van der Waals surface area contributed by atoms with Gasteiger partial charge in [-0.2, -0.15) is 0 Å². The lowest BCUT2D eigenvalue weighted by atomic mass is 10.1. The van der Waals surface area contributed by atoms with Crippen molar-refractivity contribution < 1.29 is 19.2 Å². The van der Waals surface area contributed by atoms with Gasteiger partial charge in [-0.3, -0.25) is 10.1 Å². The molecular weight excluding hydrogens is 243 g/mol. The molecule has 0 atom stereocenters. The van der Waals surface area contributed by atoms with Gasteiger partial charge in [0.05, 0.1) is 24.7 Å². The maximum Gasteiger partial charge on any atom is 0.313 e. The van der Waals surface area contributed by atoms with Crippen molar-refractivity contribution >= 4 is 5.69 Å². The molecule has 0 unspecified atom stereocenters. The first-order chi connectivity index (χ1) is 8.60. The van der Waals surface area contributed by atoms with Crippen LogP contribution in [0.4, 0.5) is 10.1 Å². The normalized spacial score (nSPS) is 10.4. The molecule has 0 spiro atoms. The van der Waals surface area contributed by atoms with Gasteiger partial charge in [0, 0.05) is 6.54 Å². The highest BCUT2D eigenvalue weighted by atomic mass is 19.1. The zero-order valence-electron chi connectivity index (χ0n) is 9.98. The molecule has 0 heterocycles. The van der Waals surface area contributed by atoms with Gasteiger partial charge in [-0.05, 0) is 24.6 Å². The van der Waals surface area contributed by atoms with Crippen molar-refractivity contribution in [3.63, 3.8) is 0 Å². The lowest BCUT2D eigenvalue weighted by molar-refractivity contribution is -0.386. The van der Waals surface area contributed by atoms with Crippen LogP contribution >= 0.6 is 0 Å². The monoisotopic (exact) mass is 258 g/mol. The molecule has 0 bridgehead atoms. The van der Waals surface area contributed by atoms with Crippen LogP contribution in [0.3, 0.4) is 0 Å². The predicted molar refractivity (Wildman–Crippen MR) is 63.3 cm³/mol. The molecule has 0 saturated heterocycles. The summed E-state index contributed by atoms with van der Waals surface area (Å²) in [5.74, 6) is -0.591. The summed E-state index contributed by atoms with van der Waals surface area (Å²) >= 11 is 0. The molecule has 0 aliphatic heterocycles. The number of aliphatic hydroxyl groups is 1. The van der Waals surface area contributed by atoms with Crippen LogP contribution in [0.15, 0.2) is 12.1 Å². The minimum absolute atomic E-state index is 0.00602. The van der Waals surface area contributed by atoms with E-state index in [1.807, 2.05) is 0 Å². The Hall–Kier alpha value is -1.73. The Morgan fingerprint density at radius 2 is 2.22 bits per heavy atom. The quantitative estimate of drug-likeness (QED) is 0.430. The third-order valence-corrected chi connectivity index (χ3v) is 2.40. The van der Waals surface area contributed by atoms with E-state index in [4.69, 9.17) is 9.84 Å². The third kappa shape index (κ3) is 3.64. The number of nitrogens with one attached hydrogen (secondary N) is 1. The summed E-state index contributed by atoms with van der Waals surface area (Å²) in [6.45, 7) is 0.899. The molecule has 0 aliphatic rings. The van der Waals surface area contributed by atoms with Crippen molar-refractivity contribution in [3.8, 4) is 5.75 Å². The van der Waals surface area contributed by atoms with Crippen molar-refractivity contribution in [1.82, 2.24) is 5.32 Å². The number of ether oxygens (including phenoxy) is 1. The predicted octanol–water partition coefficient (Wildman–Crippen LogP) is 0.867. The summed E-state index contributed by atoms with van der Waals surface area (Å²) in [7, 11) is 1.30. The Kier molecular flexibility index (Phi) is 5.47. The fourth-order valence-corrected chi connectivity index (χ4v) is 1.51. The third-order valence-electron chi connectivity index (χ3n) is 2.40. The molecule has 100 valence electrons. The van der Waals surface area contributed by atoms with Gasteiger partial charge in [0.2, 0.25) is 0 Å². The fourth-order valence-electron chi connectivity index (χ4n) is 1.51. The first-order valence-electron chi connectivity index (χ1n) is 5.42. The first-order valence-corrected chi connectivity index (χ1v) is 5.42. The van der Waals surface area contributed by atoms with E-state index in [0.29, 0.717) is 25.1 Å². The largest absolute Gasteiger partial charge is 0.490 e. The highest BCUT2D eigenvalue weighted by Gasteiger charge is 2.18. The molecule has 1 aromatic rings. The smallest absolute Gasteiger partial charge is 0.313 e. The van der Waals surface area contributed by atoms with Crippen LogP contribution in [0, 0.1) is 15.9 Å². The van der Waals surface area contributed by atoms with E-state index in [9.17, 15) is 14.5 Å². The number of methoxy groups -OCH3 is 1. The maximum atomic E-state index is 13.6. The highest BCUT2D eigenvalue weighted by molar-refractivity contribution is 5.49. The zero-order valence-corrected chi connectivity index (χ0v) is 9.98. The van der Waals surface area contributed by atoms with E-state index >= 15 is 0 Å². The van der Waals surface area contributed by atoms with Gasteiger partial charge in [0.25, 0.3) is 0 Å². The lowest BCUT2D eigenvalue weighted by Gasteiger charge is -2.07. The van der Waals surface area contributed by atoms with Crippen molar-refractivity contribution in [3.05, 3.63) is 33.6 Å². The molecule has 0 amide bonds. The Balaban J connectivity index is 2.83. The summed E-state index contributed by atoms with van der Waals surface area (Å²) in [5.41, 5.74) is -0.0510. The van der Waals surface area contributed by atoms with Gasteiger partial charge in [-0.1, -0.05) is 0 Å². The molecule has 0 saturated carbocycles. The Bertz CT molecular complexity index is 426. The molecule has 0 aliphatic carbocycles. The molecule has 2 N–H and O–H groups in total. The minimum Gasteiger partial charge on any atom is -0.490 e. The molecule has 0 fully saturated rings. The Labute approximate surface area is 104 Å². The number of hydrogen-bond donors (Lipinski definition) is 2. The molecule has 18 heavy (non-hydrogen) atoms. The summed E-state index contributed by atoms with van der Waals surface area (Å²) < 4.78 is 18.5. The van der Waals surface area contributed by atoms with Crippen LogP contribution in [0.1, 0.15) is 5.56 Å². The van der Waals surface area contributed by atoms with Crippen molar-refractivity contribution in [2.75, 3.05) is 26.8 Å². The van der Waals surface area contributed by atoms with Gasteiger partial charge in [0.15, 0.2) is 5.75 Å². The zero-order chi connectivity index (χ0) is 13.5. The number of halogens is 1. The Morgan fingerprint density at radius 3 is 2.78 bits per heavy atom. The number of rotatable bonds is 7. The van der Waals surface area contributed by atoms with Gasteiger partial charge in [-0.15, -0.1) is 0 Å². The van der Waals surface area contributed by atoms with Crippen LogP contribution < -0.4 is 10.1 Å². The molecular formula is C11H15FN2O4. The van der Waals surface area contributed by atoms with Gasteiger partial charge in [0.1, 0.15) is 5.82 Å². The molecule has 7 heteroatoms. The number of nitrogens with zero attached hydrogens (tertiary/aromatic N) is 1. The van der Waals surface area contributed by atoms with E-state index in [1.54, 1.807) is 0 Å². The fraction of sp³-hybridized carbons (Fsp3) is 0.455.